The molecule has 0 saturated heterocycles. The fourth-order valence-electron chi connectivity index (χ4n) is 2.87. The molecule has 1 amide bonds. The van der Waals surface area contributed by atoms with Crippen LogP contribution >= 0.6 is 0 Å². The Morgan fingerprint density at radius 3 is 2.54 bits per heavy atom. The van der Waals surface area contributed by atoms with Crippen molar-refractivity contribution < 1.29 is 19.1 Å². The number of Topliss-reactive ketones (excluding diaryl/α,β-unsaturated/α-hetero) is 1. The Balaban J connectivity index is 1.67. The monoisotopic (exact) mass is 354 g/mol. The van der Waals surface area contributed by atoms with Gasteiger partial charge in [0.1, 0.15) is 0 Å². The molecule has 26 heavy (non-hydrogen) atoms. The van der Waals surface area contributed by atoms with Crippen LogP contribution in [0.2, 0.25) is 0 Å². The number of amides is 1. The maximum atomic E-state index is 12.7. The number of fused-ring (bicyclic) bond motifs is 1. The van der Waals surface area contributed by atoms with Crippen LogP contribution in [-0.4, -0.2) is 42.5 Å². The molecular weight excluding hydrogens is 332 g/mol. The highest BCUT2D eigenvalue weighted by Crippen LogP contribution is 2.33. The summed E-state index contributed by atoms with van der Waals surface area (Å²) in [5, 5.41) is 0. The Kier molecular flexibility index (Phi) is 5.23. The average Bonchev–Trinajstić information content (AvgIpc) is 3.14. The summed E-state index contributed by atoms with van der Waals surface area (Å²) in [4.78, 5) is 26.8. The van der Waals surface area contributed by atoms with Crippen LogP contribution in [0.1, 0.15) is 22.8 Å². The third-order valence-electron chi connectivity index (χ3n) is 4.58. The molecule has 2 aromatic rings. The Labute approximate surface area is 152 Å². The van der Waals surface area contributed by atoms with Crippen LogP contribution in [0.5, 0.6) is 11.5 Å². The SMILES string of the molecule is C[C@@H](C(=O)c1ccc2c(c1)OCO2)N(C)C(=O)[C@@H](N)Cc1ccccc1. The van der Waals surface area contributed by atoms with E-state index >= 15 is 0 Å². The number of nitrogens with zero attached hydrogens (tertiary/aromatic N) is 1. The van der Waals surface area contributed by atoms with E-state index in [1.165, 1.54) is 4.90 Å². The van der Waals surface area contributed by atoms with Crippen LogP contribution < -0.4 is 15.2 Å². The quantitative estimate of drug-likeness (QED) is 0.803. The van der Waals surface area contributed by atoms with Crippen LogP contribution in [0.3, 0.4) is 0 Å². The first-order valence-electron chi connectivity index (χ1n) is 8.47. The van der Waals surface area contributed by atoms with Crippen molar-refractivity contribution in [2.24, 2.45) is 5.73 Å². The summed E-state index contributed by atoms with van der Waals surface area (Å²) in [5.41, 5.74) is 7.51. The zero-order valence-electron chi connectivity index (χ0n) is 14.8. The number of nitrogens with two attached hydrogens (primary N) is 1. The zero-order valence-corrected chi connectivity index (χ0v) is 14.8. The van der Waals surface area contributed by atoms with Gasteiger partial charge in [0.25, 0.3) is 0 Å². The van der Waals surface area contributed by atoms with Crippen molar-refractivity contribution in [1.29, 1.82) is 0 Å². The number of ketones is 1. The first kappa shape index (κ1) is 17.9. The van der Waals surface area contributed by atoms with Gasteiger partial charge in [0.15, 0.2) is 17.3 Å². The summed E-state index contributed by atoms with van der Waals surface area (Å²) >= 11 is 0. The van der Waals surface area contributed by atoms with Gasteiger partial charge < -0.3 is 20.1 Å². The van der Waals surface area contributed by atoms with Gasteiger partial charge in [0.2, 0.25) is 12.7 Å². The smallest absolute Gasteiger partial charge is 0.240 e. The van der Waals surface area contributed by atoms with Gasteiger partial charge in [0, 0.05) is 12.6 Å². The third-order valence-corrected chi connectivity index (χ3v) is 4.58. The Bertz CT molecular complexity index is 807. The summed E-state index contributed by atoms with van der Waals surface area (Å²) in [6, 6.07) is 13.3. The minimum atomic E-state index is -0.700. The van der Waals surface area contributed by atoms with Crippen LogP contribution in [0.25, 0.3) is 0 Å². The predicted molar refractivity (Wildman–Crippen MR) is 97.2 cm³/mol. The number of carbonyl (C=O) groups is 2. The van der Waals surface area contributed by atoms with Gasteiger partial charge in [0.05, 0.1) is 12.1 Å². The van der Waals surface area contributed by atoms with E-state index in [9.17, 15) is 9.59 Å². The highest BCUT2D eigenvalue weighted by Gasteiger charge is 2.28. The molecule has 0 saturated carbocycles. The van der Waals surface area contributed by atoms with Gasteiger partial charge in [-0.05, 0) is 37.1 Å². The van der Waals surface area contributed by atoms with Crippen LogP contribution in [0, 0.1) is 0 Å². The Morgan fingerprint density at radius 1 is 1.12 bits per heavy atom. The van der Waals surface area contributed by atoms with Crippen molar-refractivity contribution in [3.8, 4) is 11.5 Å². The van der Waals surface area contributed by atoms with Crippen molar-refractivity contribution >= 4 is 11.7 Å². The largest absolute Gasteiger partial charge is 0.454 e. The molecule has 0 fully saturated rings. The average molecular weight is 354 g/mol. The second-order valence-corrected chi connectivity index (χ2v) is 6.35. The van der Waals surface area contributed by atoms with Gasteiger partial charge in [-0.25, -0.2) is 0 Å². The molecule has 136 valence electrons. The van der Waals surface area contributed by atoms with Crippen molar-refractivity contribution in [3.63, 3.8) is 0 Å². The highest BCUT2D eigenvalue weighted by molar-refractivity contribution is 6.02. The summed E-state index contributed by atoms with van der Waals surface area (Å²) in [6.45, 7) is 1.84. The molecule has 0 aliphatic carbocycles. The van der Waals surface area contributed by atoms with E-state index in [2.05, 4.69) is 0 Å². The van der Waals surface area contributed by atoms with E-state index in [1.54, 1.807) is 32.2 Å². The molecule has 0 aromatic heterocycles. The molecule has 0 radical (unpaired) electrons. The number of rotatable bonds is 6. The van der Waals surface area contributed by atoms with E-state index in [-0.39, 0.29) is 18.5 Å². The Hall–Kier alpha value is -2.86. The molecule has 2 N–H and O–H groups in total. The maximum Gasteiger partial charge on any atom is 0.240 e. The standard InChI is InChI=1S/C20H22N2O4/c1-13(19(23)15-8-9-17-18(11-15)26-12-25-17)22(2)20(24)16(21)10-14-6-4-3-5-7-14/h3-9,11,13,16H,10,12,21H2,1-2H3/t13-,16-/m0/s1. The molecule has 0 spiro atoms. The molecule has 2 atom stereocenters. The van der Waals surface area contributed by atoms with Crippen LogP contribution in [0.15, 0.2) is 48.5 Å². The van der Waals surface area contributed by atoms with Crippen LogP contribution in [0.4, 0.5) is 0 Å². The number of hydrogen-bond acceptors (Lipinski definition) is 5. The molecule has 2 aromatic carbocycles. The summed E-state index contributed by atoms with van der Waals surface area (Å²) in [7, 11) is 1.60. The number of hydrogen-bond donors (Lipinski definition) is 1. The lowest BCUT2D eigenvalue weighted by molar-refractivity contribution is -0.132. The molecule has 1 aliphatic rings. The second-order valence-electron chi connectivity index (χ2n) is 6.35. The Morgan fingerprint density at radius 2 is 1.81 bits per heavy atom. The topological polar surface area (TPSA) is 81.9 Å². The lowest BCUT2D eigenvalue weighted by atomic mass is 10.0. The van der Waals surface area contributed by atoms with E-state index in [1.807, 2.05) is 30.3 Å². The van der Waals surface area contributed by atoms with Crippen molar-refractivity contribution in [1.82, 2.24) is 4.90 Å². The highest BCUT2D eigenvalue weighted by atomic mass is 16.7. The van der Waals surface area contributed by atoms with Gasteiger partial charge in [-0.1, -0.05) is 30.3 Å². The molecule has 1 heterocycles. The van der Waals surface area contributed by atoms with E-state index in [0.717, 1.165) is 5.56 Å². The van der Waals surface area contributed by atoms with Crippen molar-refractivity contribution in [3.05, 3.63) is 59.7 Å². The predicted octanol–water partition coefficient (Wildman–Crippen LogP) is 2.01. The van der Waals surface area contributed by atoms with Gasteiger partial charge in [-0.3, -0.25) is 9.59 Å². The zero-order chi connectivity index (χ0) is 18.7. The summed E-state index contributed by atoms with van der Waals surface area (Å²) in [6.07, 6.45) is 0.426. The summed E-state index contributed by atoms with van der Waals surface area (Å²) < 4.78 is 10.6. The number of ether oxygens (including phenoxy) is 2. The first-order valence-corrected chi connectivity index (χ1v) is 8.47. The van der Waals surface area contributed by atoms with Gasteiger partial charge in [-0.15, -0.1) is 0 Å². The fraction of sp³-hybridized carbons (Fsp3) is 0.300. The minimum Gasteiger partial charge on any atom is -0.454 e. The van der Waals surface area contributed by atoms with E-state index in [4.69, 9.17) is 15.2 Å². The van der Waals surface area contributed by atoms with Crippen molar-refractivity contribution in [2.75, 3.05) is 13.8 Å². The molecule has 6 nitrogen and oxygen atoms in total. The third kappa shape index (κ3) is 3.70. The second kappa shape index (κ2) is 7.58. The molecule has 1 aliphatic heterocycles. The minimum absolute atomic E-state index is 0.148. The van der Waals surface area contributed by atoms with Crippen LogP contribution in [-0.2, 0) is 11.2 Å². The molecule has 0 unspecified atom stereocenters. The first-order chi connectivity index (χ1) is 12.5. The molecular formula is C20H22N2O4. The van der Waals surface area contributed by atoms with E-state index in [0.29, 0.717) is 23.5 Å². The van der Waals surface area contributed by atoms with E-state index < -0.39 is 12.1 Å². The number of carbonyl (C=O) groups excluding carboxylic acids is 2. The molecule has 6 heteroatoms. The van der Waals surface area contributed by atoms with Gasteiger partial charge >= 0.3 is 0 Å². The van der Waals surface area contributed by atoms with Gasteiger partial charge in [-0.2, -0.15) is 0 Å². The number of likely N-dealkylation sites (N-methyl/N-ethyl adjacent to an activating group) is 1. The lowest BCUT2D eigenvalue weighted by Crippen LogP contribution is -2.49. The molecule has 0 bridgehead atoms. The fourth-order valence-corrected chi connectivity index (χ4v) is 2.87. The maximum absolute atomic E-state index is 12.7. The molecule has 3 rings (SSSR count). The lowest BCUT2D eigenvalue weighted by Gasteiger charge is -2.27. The van der Waals surface area contributed by atoms with Crippen molar-refractivity contribution in [2.45, 2.75) is 25.4 Å². The number of benzene rings is 2. The summed E-state index contributed by atoms with van der Waals surface area (Å²) in [5.74, 6) is 0.711. The normalized spacial score (nSPS) is 14.6.